The Morgan fingerprint density at radius 1 is 1.23 bits per heavy atom. The molecule has 0 spiro atoms. The number of carbonyl (C=O) groups is 1. The molecule has 0 aliphatic carbocycles. The van der Waals surface area contributed by atoms with E-state index in [-0.39, 0.29) is 18.0 Å². The van der Waals surface area contributed by atoms with E-state index in [0.717, 1.165) is 55.4 Å². The van der Waals surface area contributed by atoms with Gasteiger partial charge in [-0.25, -0.2) is 4.98 Å². The Kier molecular flexibility index (Phi) is 4.71. The highest BCUT2D eigenvalue weighted by Gasteiger charge is 2.31. The van der Waals surface area contributed by atoms with Crippen molar-refractivity contribution in [2.45, 2.75) is 31.3 Å². The molecule has 3 N–H and O–H groups in total. The summed E-state index contributed by atoms with van der Waals surface area (Å²) in [6.07, 6.45) is 4.30. The fourth-order valence-corrected chi connectivity index (χ4v) is 3.54. The van der Waals surface area contributed by atoms with Crippen molar-refractivity contribution < 1.29 is 4.79 Å². The first-order valence-corrected chi connectivity index (χ1v) is 9.11. The molecule has 7 heteroatoms. The number of hydrogen-bond donors (Lipinski definition) is 3. The lowest BCUT2D eigenvalue weighted by Crippen LogP contribution is -2.42. The van der Waals surface area contributed by atoms with Gasteiger partial charge in [-0.1, -0.05) is 6.07 Å². The molecule has 4 heterocycles. The first-order valence-electron chi connectivity index (χ1n) is 9.11. The predicted molar refractivity (Wildman–Crippen MR) is 102 cm³/mol. The largest absolute Gasteiger partial charge is 0.366 e. The maximum atomic E-state index is 12.6. The lowest BCUT2D eigenvalue weighted by Gasteiger charge is -2.21. The number of rotatable bonds is 0. The molecular formula is C19H24N6O. The summed E-state index contributed by atoms with van der Waals surface area (Å²) in [6.45, 7) is 1.49. The van der Waals surface area contributed by atoms with Gasteiger partial charge in [0.25, 0.3) is 0 Å². The molecule has 2 atom stereocenters. The number of likely N-dealkylation sites (N-methyl/N-ethyl adjacent to an activating group) is 1. The molecule has 0 unspecified atom stereocenters. The van der Waals surface area contributed by atoms with Crippen LogP contribution in [-0.2, 0) is 11.2 Å². The third-order valence-corrected chi connectivity index (χ3v) is 4.92. The van der Waals surface area contributed by atoms with E-state index >= 15 is 0 Å². The van der Waals surface area contributed by atoms with Crippen LogP contribution in [-0.4, -0.2) is 53.0 Å². The fourth-order valence-electron chi connectivity index (χ4n) is 3.54. The number of aromatic nitrogens is 2. The molecule has 0 radical (unpaired) electrons. The average molecular weight is 352 g/mol. The van der Waals surface area contributed by atoms with Crippen molar-refractivity contribution in [1.82, 2.24) is 20.2 Å². The Labute approximate surface area is 153 Å². The summed E-state index contributed by atoms with van der Waals surface area (Å²) in [6, 6.07) is 9.92. The molecule has 4 rings (SSSR count). The van der Waals surface area contributed by atoms with Gasteiger partial charge in [-0.3, -0.25) is 9.78 Å². The molecule has 7 nitrogen and oxygen atoms in total. The highest BCUT2D eigenvalue weighted by atomic mass is 16.2. The van der Waals surface area contributed by atoms with Crippen LogP contribution in [0, 0.1) is 0 Å². The molecule has 136 valence electrons. The lowest BCUT2D eigenvalue weighted by molar-refractivity contribution is -0.131. The van der Waals surface area contributed by atoms with Crippen LogP contribution in [0.3, 0.4) is 0 Å². The minimum Gasteiger partial charge on any atom is -0.366 e. The van der Waals surface area contributed by atoms with Crippen LogP contribution in [0.25, 0.3) is 0 Å². The van der Waals surface area contributed by atoms with Crippen molar-refractivity contribution in [2.24, 2.45) is 0 Å². The number of anilines is 3. The summed E-state index contributed by atoms with van der Waals surface area (Å²) < 4.78 is 0. The lowest BCUT2D eigenvalue weighted by atomic mass is 10.1. The highest BCUT2D eigenvalue weighted by Crippen LogP contribution is 2.20. The molecule has 2 aliphatic heterocycles. The van der Waals surface area contributed by atoms with E-state index in [9.17, 15) is 4.79 Å². The van der Waals surface area contributed by atoms with Gasteiger partial charge >= 0.3 is 0 Å². The molecule has 0 aromatic carbocycles. The monoisotopic (exact) mass is 352 g/mol. The summed E-state index contributed by atoms with van der Waals surface area (Å²) in [4.78, 5) is 23.5. The van der Waals surface area contributed by atoms with Crippen LogP contribution in [0.15, 0.2) is 36.5 Å². The smallest absolute Gasteiger partial charge is 0.239 e. The van der Waals surface area contributed by atoms with Gasteiger partial charge in [-0.05, 0) is 43.5 Å². The fraction of sp³-hybridized carbons (Fsp3) is 0.421. The van der Waals surface area contributed by atoms with Gasteiger partial charge in [0.1, 0.15) is 11.6 Å². The molecule has 6 bridgehead atoms. The third kappa shape index (κ3) is 3.77. The van der Waals surface area contributed by atoms with E-state index in [2.05, 4.69) is 25.9 Å². The second-order valence-electron chi connectivity index (χ2n) is 6.97. The minimum absolute atomic E-state index is 0.131. The van der Waals surface area contributed by atoms with E-state index in [1.54, 1.807) is 0 Å². The molecule has 0 saturated carbocycles. The SMILES string of the molecule is CN1CCCc2cc(ccn2)Nc2cccc(n2)N[C@@H]2CN[C@@H](C2)C1=O. The minimum atomic E-state index is -0.131. The molecule has 2 aromatic rings. The summed E-state index contributed by atoms with van der Waals surface area (Å²) in [5.41, 5.74) is 1.98. The van der Waals surface area contributed by atoms with E-state index < -0.39 is 0 Å². The second-order valence-corrected chi connectivity index (χ2v) is 6.97. The third-order valence-electron chi connectivity index (χ3n) is 4.92. The first kappa shape index (κ1) is 16.8. The molecule has 1 fully saturated rings. The van der Waals surface area contributed by atoms with Crippen molar-refractivity contribution in [3.63, 3.8) is 0 Å². The summed E-state index contributed by atoms with van der Waals surface area (Å²) in [7, 11) is 1.88. The van der Waals surface area contributed by atoms with Gasteiger partial charge < -0.3 is 20.9 Å². The van der Waals surface area contributed by atoms with Crippen molar-refractivity contribution in [1.29, 1.82) is 0 Å². The number of aryl methyl sites for hydroxylation is 1. The maximum absolute atomic E-state index is 12.6. The zero-order chi connectivity index (χ0) is 17.9. The molecular weight excluding hydrogens is 328 g/mol. The zero-order valence-electron chi connectivity index (χ0n) is 14.9. The predicted octanol–water partition coefficient (Wildman–Crippen LogP) is 1.77. The quantitative estimate of drug-likeness (QED) is 0.670. The summed E-state index contributed by atoms with van der Waals surface area (Å²) in [5, 5.41) is 10.1. The topological polar surface area (TPSA) is 82.2 Å². The molecule has 1 saturated heterocycles. The van der Waals surface area contributed by atoms with Gasteiger partial charge in [0.2, 0.25) is 5.91 Å². The van der Waals surface area contributed by atoms with Crippen LogP contribution in [0.4, 0.5) is 17.3 Å². The van der Waals surface area contributed by atoms with E-state index in [0.29, 0.717) is 0 Å². The Morgan fingerprint density at radius 3 is 3.04 bits per heavy atom. The van der Waals surface area contributed by atoms with Gasteiger partial charge in [-0.2, -0.15) is 0 Å². The summed E-state index contributed by atoms with van der Waals surface area (Å²) in [5.74, 6) is 1.76. The van der Waals surface area contributed by atoms with Crippen LogP contribution in [0.5, 0.6) is 0 Å². The van der Waals surface area contributed by atoms with Gasteiger partial charge in [0.05, 0.1) is 6.04 Å². The number of nitrogens with zero attached hydrogens (tertiary/aromatic N) is 3. The maximum Gasteiger partial charge on any atom is 0.239 e. The Bertz CT molecular complexity index is 795. The standard InChI is InChI=1S/C19H24N6O/c1-25-9-3-4-13-10-14(7-8-20-13)22-17-5-2-6-18(24-17)23-15-11-16(19(25)26)21-12-15/h2,5-8,10,15-16,21H,3-4,9,11-12H2,1H3,(H2,22,23,24)/t15-,16-/m0/s1. The van der Waals surface area contributed by atoms with Crippen LogP contribution >= 0.6 is 0 Å². The van der Waals surface area contributed by atoms with E-state index in [1.165, 1.54) is 0 Å². The molecule has 26 heavy (non-hydrogen) atoms. The van der Waals surface area contributed by atoms with Crippen LogP contribution in [0.2, 0.25) is 0 Å². The average Bonchev–Trinajstić information content (AvgIpc) is 3.09. The molecule has 2 aromatic heterocycles. The Balaban J connectivity index is 1.61. The van der Waals surface area contributed by atoms with Gasteiger partial charge in [-0.15, -0.1) is 0 Å². The molecule has 2 aliphatic rings. The number of amides is 1. The van der Waals surface area contributed by atoms with Crippen molar-refractivity contribution >= 4 is 23.2 Å². The Morgan fingerprint density at radius 2 is 2.12 bits per heavy atom. The highest BCUT2D eigenvalue weighted by molar-refractivity contribution is 5.82. The van der Waals surface area contributed by atoms with E-state index in [1.807, 2.05) is 48.5 Å². The van der Waals surface area contributed by atoms with Crippen molar-refractivity contribution in [3.05, 3.63) is 42.2 Å². The summed E-state index contributed by atoms with van der Waals surface area (Å²) >= 11 is 0. The number of carbonyl (C=O) groups excluding carboxylic acids is 1. The Hall–Kier alpha value is -2.67. The van der Waals surface area contributed by atoms with Crippen molar-refractivity contribution in [2.75, 3.05) is 30.8 Å². The van der Waals surface area contributed by atoms with Crippen LogP contribution < -0.4 is 16.0 Å². The van der Waals surface area contributed by atoms with Gasteiger partial charge in [0, 0.05) is 43.8 Å². The number of pyridine rings is 2. The van der Waals surface area contributed by atoms with Gasteiger partial charge in [0.15, 0.2) is 0 Å². The number of fused-ring (bicyclic) bond motifs is 6. The van der Waals surface area contributed by atoms with Crippen LogP contribution in [0.1, 0.15) is 18.5 Å². The molecule has 1 amide bonds. The van der Waals surface area contributed by atoms with E-state index in [4.69, 9.17) is 0 Å². The number of nitrogens with one attached hydrogen (secondary N) is 3. The van der Waals surface area contributed by atoms with Crippen molar-refractivity contribution in [3.8, 4) is 0 Å². The second kappa shape index (κ2) is 7.29. The number of hydrogen-bond acceptors (Lipinski definition) is 6. The normalized spacial score (nSPS) is 23.3. The first-order chi connectivity index (χ1) is 12.7. The zero-order valence-corrected chi connectivity index (χ0v) is 14.9.